The summed E-state index contributed by atoms with van der Waals surface area (Å²) in [7, 11) is 0. The molecule has 0 aliphatic rings. The molecule has 2 aromatic rings. The summed E-state index contributed by atoms with van der Waals surface area (Å²) in [5, 5.41) is 0. The molecule has 0 spiro atoms. The fourth-order valence-electron chi connectivity index (χ4n) is 1.93. The lowest BCUT2D eigenvalue weighted by Crippen LogP contribution is -2.08. The Morgan fingerprint density at radius 3 is 2.63 bits per heavy atom. The number of hydrogen-bond acceptors (Lipinski definition) is 2. The first-order valence-corrected chi connectivity index (χ1v) is 7.09. The fraction of sp³-hybridized carbons (Fsp3) is 0.250. The largest absolute Gasteiger partial charge is 0.489 e. The minimum Gasteiger partial charge on any atom is -0.489 e. The first kappa shape index (κ1) is 14.1. The molecule has 1 atom stereocenters. The van der Waals surface area contributed by atoms with Gasteiger partial charge in [0.25, 0.3) is 0 Å². The van der Waals surface area contributed by atoms with Crippen LogP contribution in [-0.4, -0.2) is 0 Å². The first-order chi connectivity index (χ1) is 9.08. The maximum Gasteiger partial charge on any atom is 0.124 e. The predicted octanol–water partition coefficient (Wildman–Crippen LogP) is 4.36. The molecule has 2 N–H and O–H groups in total. The SMILES string of the molecule is Cc1ccc(OCc2ccccc2Br)c([C@H](C)N)c1. The summed E-state index contributed by atoms with van der Waals surface area (Å²) in [5.74, 6) is 0.858. The molecule has 2 aromatic carbocycles. The number of rotatable bonds is 4. The van der Waals surface area contributed by atoms with E-state index in [1.807, 2.05) is 43.3 Å². The fourth-order valence-corrected chi connectivity index (χ4v) is 2.33. The molecule has 0 saturated carbocycles. The molecule has 0 bridgehead atoms. The second kappa shape index (κ2) is 6.22. The van der Waals surface area contributed by atoms with Gasteiger partial charge in [0.1, 0.15) is 12.4 Å². The van der Waals surface area contributed by atoms with Crippen molar-refractivity contribution in [2.24, 2.45) is 5.73 Å². The standard InChI is InChI=1S/C16H18BrNO/c1-11-7-8-16(14(9-11)12(2)18)19-10-13-5-3-4-6-15(13)17/h3-9,12H,10,18H2,1-2H3/t12-/m0/s1. The summed E-state index contributed by atoms with van der Waals surface area (Å²) in [6.07, 6.45) is 0. The summed E-state index contributed by atoms with van der Waals surface area (Å²) in [6, 6.07) is 14.1. The zero-order valence-electron chi connectivity index (χ0n) is 11.2. The van der Waals surface area contributed by atoms with Crippen molar-refractivity contribution in [1.82, 2.24) is 0 Å². The zero-order chi connectivity index (χ0) is 13.8. The molecule has 2 nitrogen and oxygen atoms in total. The molecule has 0 radical (unpaired) electrons. The number of ether oxygens (including phenoxy) is 1. The molecule has 2 rings (SSSR count). The van der Waals surface area contributed by atoms with E-state index in [1.165, 1.54) is 5.56 Å². The Kier molecular flexibility index (Phi) is 4.61. The van der Waals surface area contributed by atoms with Crippen LogP contribution in [0.25, 0.3) is 0 Å². The molecule has 19 heavy (non-hydrogen) atoms. The second-order valence-corrected chi connectivity index (χ2v) is 5.56. The van der Waals surface area contributed by atoms with E-state index in [1.54, 1.807) is 0 Å². The van der Waals surface area contributed by atoms with Gasteiger partial charge in [0, 0.05) is 21.6 Å². The van der Waals surface area contributed by atoms with Crippen molar-refractivity contribution >= 4 is 15.9 Å². The van der Waals surface area contributed by atoms with Crippen LogP contribution in [0.3, 0.4) is 0 Å². The number of benzene rings is 2. The highest BCUT2D eigenvalue weighted by Gasteiger charge is 2.09. The molecule has 100 valence electrons. The third kappa shape index (κ3) is 3.58. The molecule has 0 aliphatic heterocycles. The average molecular weight is 320 g/mol. The van der Waals surface area contributed by atoms with E-state index >= 15 is 0 Å². The highest BCUT2D eigenvalue weighted by Crippen LogP contribution is 2.26. The average Bonchev–Trinajstić information content (AvgIpc) is 2.38. The van der Waals surface area contributed by atoms with Gasteiger partial charge < -0.3 is 10.5 Å². The monoisotopic (exact) mass is 319 g/mol. The van der Waals surface area contributed by atoms with Crippen LogP contribution in [0.2, 0.25) is 0 Å². The molecule has 0 fully saturated rings. The second-order valence-electron chi connectivity index (χ2n) is 4.71. The van der Waals surface area contributed by atoms with Crippen LogP contribution in [0, 0.1) is 6.92 Å². The molecule has 3 heteroatoms. The number of hydrogen-bond donors (Lipinski definition) is 1. The Hall–Kier alpha value is -1.32. The van der Waals surface area contributed by atoms with Crippen molar-refractivity contribution in [1.29, 1.82) is 0 Å². The predicted molar refractivity (Wildman–Crippen MR) is 82.3 cm³/mol. The van der Waals surface area contributed by atoms with Crippen molar-refractivity contribution in [2.75, 3.05) is 0 Å². The smallest absolute Gasteiger partial charge is 0.124 e. The van der Waals surface area contributed by atoms with Crippen LogP contribution < -0.4 is 10.5 Å². The van der Waals surface area contributed by atoms with E-state index in [0.29, 0.717) is 6.61 Å². The van der Waals surface area contributed by atoms with Gasteiger partial charge in [-0.2, -0.15) is 0 Å². The molecule has 0 unspecified atom stereocenters. The quantitative estimate of drug-likeness (QED) is 0.908. The Morgan fingerprint density at radius 2 is 1.95 bits per heavy atom. The Labute approximate surface area is 122 Å². The van der Waals surface area contributed by atoms with E-state index < -0.39 is 0 Å². The van der Waals surface area contributed by atoms with Gasteiger partial charge in [-0.3, -0.25) is 0 Å². The van der Waals surface area contributed by atoms with Gasteiger partial charge >= 0.3 is 0 Å². The molecule has 0 aliphatic carbocycles. The van der Waals surface area contributed by atoms with Crippen LogP contribution in [0.1, 0.15) is 29.7 Å². The molecule has 0 aromatic heterocycles. The van der Waals surface area contributed by atoms with Gasteiger partial charge in [-0.05, 0) is 26.0 Å². The maximum absolute atomic E-state index is 5.99. The van der Waals surface area contributed by atoms with Gasteiger partial charge in [0.2, 0.25) is 0 Å². The molecular weight excluding hydrogens is 302 g/mol. The topological polar surface area (TPSA) is 35.2 Å². The number of nitrogens with two attached hydrogens (primary N) is 1. The van der Waals surface area contributed by atoms with Crippen LogP contribution >= 0.6 is 15.9 Å². The van der Waals surface area contributed by atoms with Crippen LogP contribution in [-0.2, 0) is 6.61 Å². The van der Waals surface area contributed by atoms with Crippen LogP contribution in [0.4, 0.5) is 0 Å². The van der Waals surface area contributed by atoms with E-state index in [0.717, 1.165) is 21.3 Å². The summed E-state index contributed by atoms with van der Waals surface area (Å²) >= 11 is 3.52. The lowest BCUT2D eigenvalue weighted by Gasteiger charge is -2.15. The number of halogens is 1. The van der Waals surface area contributed by atoms with Crippen molar-refractivity contribution in [3.05, 3.63) is 63.6 Å². The van der Waals surface area contributed by atoms with Crippen molar-refractivity contribution in [3.8, 4) is 5.75 Å². The van der Waals surface area contributed by atoms with Gasteiger partial charge in [0.15, 0.2) is 0 Å². The Morgan fingerprint density at radius 1 is 1.21 bits per heavy atom. The van der Waals surface area contributed by atoms with Gasteiger partial charge in [0.05, 0.1) is 0 Å². The summed E-state index contributed by atoms with van der Waals surface area (Å²) < 4.78 is 6.97. The maximum atomic E-state index is 5.99. The molecule has 0 saturated heterocycles. The number of aryl methyl sites for hydroxylation is 1. The van der Waals surface area contributed by atoms with Crippen LogP contribution in [0.15, 0.2) is 46.9 Å². The van der Waals surface area contributed by atoms with Crippen molar-refractivity contribution in [3.63, 3.8) is 0 Å². The summed E-state index contributed by atoms with van der Waals surface area (Å²) in [6.45, 7) is 4.56. The van der Waals surface area contributed by atoms with Crippen molar-refractivity contribution in [2.45, 2.75) is 26.5 Å². The Bertz CT molecular complexity index is 566. The minimum atomic E-state index is -0.0332. The van der Waals surface area contributed by atoms with E-state index in [2.05, 4.69) is 28.9 Å². The first-order valence-electron chi connectivity index (χ1n) is 6.30. The van der Waals surface area contributed by atoms with Crippen molar-refractivity contribution < 1.29 is 4.74 Å². The van der Waals surface area contributed by atoms with E-state index in [-0.39, 0.29) is 6.04 Å². The van der Waals surface area contributed by atoms with Gasteiger partial charge in [-0.25, -0.2) is 0 Å². The molecular formula is C16H18BrNO. The molecule has 0 heterocycles. The highest BCUT2D eigenvalue weighted by molar-refractivity contribution is 9.10. The zero-order valence-corrected chi connectivity index (χ0v) is 12.8. The lowest BCUT2D eigenvalue weighted by molar-refractivity contribution is 0.300. The normalized spacial score (nSPS) is 12.2. The van der Waals surface area contributed by atoms with Gasteiger partial charge in [-0.15, -0.1) is 0 Å². The summed E-state index contributed by atoms with van der Waals surface area (Å²) in [5.41, 5.74) is 9.36. The highest BCUT2D eigenvalue weighted by atomic mass is 79.9. The van der Waals surface area contributed by atoms with E-state index in [4.69, 9.17) is 10.5 Å². The lowest BCUT2D eigenvalue weighted by atomic mass is 10.1. The molecule has 0 amide bonds. The summed E-state index contributed by atoms with van der Waals surface area (Å²) in [4.78, 5) is 0. The minimum absolute atomic E-state index is 0.0332. The van der Waals surface area contributed by atoms with E-state index in [9.17, 15) is 0 Å². The third-order valence-corrected chi connectivity index (χ3v) is 3.77. The van der Waals surface area contributed by atoms with Crippen LogP contribution in [0.5, 0.6) is 5.75 Å². The Balaban J connectivity index is 2.18. The third-order valence-electron chi connectivity index (χ3n) is 3.00. The van der Waals surface area contributed by atoms with Gasteiger partial charge in [-0.1, -0.05) is 51.8 Å².